The van der Waals surface area contributed by atoms with Crippen molar-refractivity contribution >= 4 is 11.6 Å². The molecule has 2 aromatic rings. The predicted octanol–water partition coefficient (Wildman–Crippen LogP) is 2.61. The zero-order valence-corrected chi connectivity index (χ0v) is 17.1. The number of piperidine rings is 1. The van der Waals surface area contributed by atoms with Crippen molar-refractivity contribution < 1.29 is 14.3 Å². The zero-order valence-electron chi connectivity index (χ0n) is 17.1. The van der Waals surface area contributed by atoms with E-state index in [0.717, 1.165) is 62.8 Å². The summed E-state index contributed by atoms with van der Waals surface area (Å²) < 4.78 is 11.4. The van der Waals surface area contributed by atoms with Crippen LogP contribution in [0.2, 0.25) is 0 Å². The molecule has 2 aliphatic heterocycles. The van der Waals surface area contributed by atoms with Gasteiger partial charge in [-0.1, -0.05) is 0 Å². The van der Waals surface area contributed by atoms with Gasteiger partial charge in [-0.05, 0) is 57.0 Å². The molecule has 0 bridgehead atoms. The van der Waals surface area contributed by atoms with E-state index in [1.165, 1.54) is 0 Å². The van der Waals surface area contributed by atoms with E-state index in [9.17, 15) is 4.79 Å². The van der Waals surface area contributed by atoms with E-state index in [-0.39, 0.29) is 12.0 Å². The number of carbonyl (C=O) groups excluding carboxylic acids is 1. The van der Waals surface area contributed by atoms with Gasteiger partial charge in [0.15, 0.2) is 0 Å². The summed E-state index contributed by atoms with van der Waals surface area (Å²) in [5.41, 5.74) is 3.62. The summed E-state index contributed by atoms with van der Waals surface area (Å²) in [6.07, 6.45) is 1.73. The Hall–Kier alpha value is -2.67. The van der Waals surface area contributed by atoms with Gasteiger partial charge < -0.3 is 19.3 Å². The van der Waals surface area contributed by atoms with Crippen LogP contribution in [0.4, 0.5) is 5.69 Å². The first-order valence-corrected chi connectivity index (χ1v) is 10.3. The van der Waals surface area contributed by atoms with Crippen molar-refractivity contribution in [3.8, 4) is 6.01 Å². The summed E-state index contributed by atoms with van der Waals surface area (Å²) in [6, 6.07) is 10.2. The molecule has 4 rings (SSSR count). The minimum atomic E-state index is -0.0819. The second-order valence-corrected chi connectivity index (χ2v) is 7.71. The van der Waals surface area contributed by atoms with Crippen molar-refractivity contribution in [1.29, 1.82) is 0 Å². The molecule has 0 saturated carbocycles. The largest absolute Gasteiger partial charge is 0.458 e. The zero-order chi connectivity index (χ0) is 20.2. The van der Waals surface area contributed by atoms with Gasteiger partial charge in [0, 0.05) is 42.3 Å². The number of benzene rings is 1. The molecule has 1 atom stereocenters. The van der Waals surface area contributed by atoms with Crippen molar-refractivity contribution in [1.82, 2.24) is 14.9 Å². The van der Waals surface area contributed by atoms with Gasteiger partial charge in [0.05, 0.1) is 19.8 Å². The Morgan fingerprint density at radius 3 is 2.45 bits per heavy atom. The molecule has 2 aliphatic rings. The molecule has 2 fully saturated rings. The number of carbonyl (C=O) groups is 1. The van der Waals surface area contributed by atoms with E-state index in [1.807, 2.05) is 49.1 Å². The molecule has 1 amide bonds. The van der Waals surface area contributed by atoms with E-state index in [0.29, 0.717) is 18.1 Å². The number of anilines is 1. The molecule has 0 N–H and O–H groups in total. The normalized spacial score (nSPS) is 19.9. The number of nitrogens with zero attached hydrogens (tertiary/aromatic N) is 4. The fraction of sp³-hybridized carbons (Fsp3) is 0.500. The summed E-state index contributed by atoms with van der Waals surface area (Å²) in [5.74, 6) is 0.0492. The maximum Gasteiger partial charge on any atom is 0.317 e. The van der Waals surface area contributed by atoms with Gasteiger partial charge in [0.1, 0.15) is 6.10 Å². The van der Waals surface area contributed by atoms with Crippen LogP contribution in [0.1, 0.15) is 34.6 Å². The van der Waals surface area contributed by atoms with Crippen LogP contribution in [0, 0.1) is 13.8 Å². The molecule has 0 spiro atoms. The maximum absolute atomic E-state index is 13.0. The van der Waals surface area contributed by atoms with E-state index in [2.05, 4.69) is 14.9 Å². The van der Waals surface area contributed by atoms with Gasteiger partial charge in [-0.3, -0.25) is 4.79 Å². The third-order valence-corrected chi connectivity index (χ3v) is 5.39. The molecule has 29 heavy (non-hydrogen) atoms. The number of aryl methyl sites for hydroxylation is 2. The average molecular weight is 396 g/mol. The minimum absolute atomic E-state index is 0.0492. The first-order valence-electron chi connectivity index (χ1n) is 10.3. The number of morpholine rings is 1. The monoisotopic (exact) mass is 396 g/mol. The molecule has 7 nitrogen and oxygen atoms in total. The van der Waals surface area contributed by atoms with Gasteiger partial charge in [-0.2, -0.15) is 0 Å². The second kappa shape index (κ2) is 8.78. The fourth-order valence-electron chi connectivity index (χ4n) is 3.93. The molecule has 1 unspecified atom stereocenters. The predicted molar refractivity (Wildman–Crippen MR) is 111 cm³/mol. The second-order valence-electron chi connectivity index (χ2n) is 7.71. The Labute approximate surface area is 171 Å². The maximum atomic E-state index is 13.0. The lowest BCUT2D eigenvalue weighted by molar-refractivity contribution is 0.0515. The Bertz CT molecular complexity index is 829. The Morgan fingerprint density at radius 1 is 1.07 bits per heavy atom. The quantitative estimate of drug-likeness (QED) is 0.791. The van der Waals surface area contributed by atoms with Crippen LogP contribution in [-0.2, 0) is 4.74 Å². The lowest BCUT2D eigenvalue weighted by Gasteiger charge is -2.32. The summed E-state index contributed by atoms with van der Waals surface area (Å²) in [7, 11) is 0. The lowest BCUT2D eigenvalue weighted by Crippen LogP contribution is -2.44. The van der Waals surface area contributed by atoms with E-state index in [1.54, 1.807) is 0 Å². The van der Waals surface area contributed by atoms with Crippen LogP contribution < -0.4 is 9.64 Å². The highest BCUT2D eigenvalue weighted by Crippen LogP contribution is 2.21. The van der Waals surface area contributed by atoms with E-state index in [4.69, 9.17) is 9.47 Å². The molecule has 2 saturated heterocycles. The molecular formula is C22H28N4O3. The van der Waals surface area contributed by atoms with Crippen LogP contribution >= 0.6 is 0 Å². The highest BCUT2D eigenvalue weighted by atomic mass is 16.5. The van der Waals surface area contributed by atoms with E-state index < -0.39 is 0 Å². The van der Waals surface area contributed by atoms with Crippen LogP contribution in [0.15, 0.2) is 30.3 Å². The molecule has 7 heteroatoms. The van der Waals surface area contributed by atoms with Gasteiger partial charge in [0.2, 0.25) is 0 Å². The first kappa shape index (κ1) is 19.6. The van der Waals surface area contributed by atoms with Crippen LogP contribution in [0.5, 0.6) is 6.01 Å². The minimum Gasteiger partial charge on any atom is -0.458 e. The van der Waals surface area contributed by atoms with Gasteiger partial charge >= 0.3 is 6.01 Å². The van der Waals surface area contributed by atoms with Crippen molar-refractivity contribution in [3.05, 3.63) is 47.3 Å². The third-order valence-electron chi connectivity index (χ3n) is 5.39. The number of likely N-dealkylation sites (tertiary alicyclic amines) is 1. The fourth-order valence-corrected chi connectivity index (χ4v) is 3.93. The van der Waals surface area contributed by atoms with Crippen molar-refractivity contribution in [2.24, 2.45) is 0 Å². The van der Waals surface area contributed by atoms with Gasteiger partial charge in [0.25, 0.3) is 5.91 Å². The molecular weight excluding hydrogens is 368 g/mol. The highest BCUT2D eigenvalue weighted by Gasteiger charge is 2.26. The van der Waals surface area contributed by atoms with E-state index >= 15 is 0 Å². The summed E-state index contributed by atoms with van der Waals surface area (Å²) >= 11 is 0. The Kier molecular flexibility index (Phi) is 5.94. The molecule has 154 valence electrons. The van der Waals surface area contributed by atoms with Crippen LogP contribution in [0.3, 0.4) is 0 Å². The standard InChI is InChI=1S/C22H28N4O3/c1-16-14-17(2)24-22(23-16)29-20-4-3-9-26(15-20)21(27)18-5-7-19(8-6-18)25-10-12-28-13-11-25/h5-8,14,20H,3-4,9-13,15H2,1-2H3. The summed E-state index contributed by atoms with van der Waals surface area (Å²) in [6.45, 7) is 8.44. The van der Waals surface area contributed by atoms with Crippen molar-refractivity contribution in [2.45, 2.75) is 32.8 Å². The Balaban J connectivity index is 1.39. The van der Waals surface area contributed by atoms with Crippen molar-refractivity contribution in [2.75, 3.05) is 44.3 Å². The van der Waals surface area contributed by atoms with Gasteiger partial charge in [-0.25, -0.2) is 9.97 Å². The Morgan fingerprint density at radius 2 is 1.76 bits per heavy atom. The highest BCUT2D eigenvalue weighted by molar-refractivity contribution is 5.94. The van der Waals surface area contributed by atoms with Crippen molar-refractivity contribution in [3.63, 3.8) is 0 Å². The topological polar surface area (TPSA) is 67.8 Å². The molecule has 0 radical (unpaired) electrons. The smallest absolute Gasteiger partial charge is 0.317 e. The third kappa shape index (κ3) is 4.85. The molecule has 3 heterocycles. The average Bonchev–Trinajstić information content (AvgIpc) is 2.73. The number of hydrogen-bond acceptors (Lipinski definition) is 6. The first-order chi connectivity index (χ1) is 14.1. The number of hydrogen-bond donors (Lipinski definition) is 0. The number of amides is 1. The number of aromatic nitrogens is 2. The molecule has 0 aliphatic carbocycles. The number of ether oxygens (including phenoxy) is 2. The van der Waals surface area contributed by atoms with Gasteiger partial charge in [-0.15, -0.1) is 0 Å². The summed E-state index contributed by atoms with van der Waals surface area (Å²) in [4.78, 5) is 25.9. The SMILES string of the molecule is Cc1cc(C)nc(OC2CCCN(C(=O)c3ccc(N4CCOCC4)cc3)C2)n1. The number of rotatable bonds is 4. The molecule has 1 aromatic heterocycles. The van der Waals surface area contributed by atoms with Crippen LogP contribution in [0.25, 0.3) is 0 Å². The summed E-state index contributed by atoms with van der Waals surface area (Å²) in [5, 5.41) is 0. The lowest BCUT2D eigenvalue weighted by atomic mass is 10.1. The van der Waals surface area contributed by atoms with Crippen LogP contribution in [-0.4, -0.2) is 66.3 Å². The molecule has 1 aromatic carbocycles.